The number of benzene rings is 3. The van der Waals surface area contributed by atoms with Gasteiger partial charge in [0.2, 0.25) is 0 Å². The summed E-state index contributed by atoms with van der Waals surface area (Å²) in [6.45, 7) is 4.04. The van der Waals surface area contributed by atoms with Crippen molar-refractivity contribution in [2.45, 2.75) is 31.1 Å². The molecule has 2 aromatic heterocycles. The Bertz CT molecular complexity index is 1610. The molecule has 0 saturated heterocycles. The van der Waals surface area contributed by atoms with Crippen LogP contribution in [0.2, 0.25) is 0 Å². The molecule has 0 fully saturated rings. The van der Waals surface area contributed by atoms with Gasteiger partial charge in [0.15, 0.2) is 5.16 Å². The van der Waals surface area contributed by atoms with E-state index in [0.717, 1.165) is 27.6 Å². The Morgan fingerprint density at radius 1 is 1.03 bits per heavy atom. The summed E-state index contributed by atoms with van der Waals surface area (Å²) >= 11 is 1.40. The largest absolute Gasteiger partial charge is 0.573 e. The molecular formula is C26H20F3N3O2S. The number of thioether (sulfide) groups is 1. The summed E-state index contributed by atoms with van der Waals surface area (Å²) in [7, 11) is 0. The maximum atomic E-state index is 13.6. The molecule has 0 amide bonds. The van der Waals surface area contributed by atoms with Gasteiger partial charge in [-0.3, -0.25) is 9.36 Å². The lowest BCUT2D eigenvalue weighted by Gasteiger charge is -2.14. The van der Waals surface area contributed by atoms with Crippen LogP contribution in [0, 0.1) is 13.8 Å². The number of nitrogens with zero attached hydrogens (tertiary/aromatic N) is 2. The monoisotopic (exact) mass is 495 g/mol. The molecule has 3 aromatic carbocycles. The van der Waals surface area contributed by atoms with Crippen LogP contribution in [0.4, 0.5) is 13.2 Å². The number of hydrogen-bond acceptors (Lipinski definition) is 4. The van der Waals surface area contributed by atoms with Crippen LogP contribution in [0.1, 0.15) is 16.7 Å². The van der Waals surface area contributed by atoms with E-state index < -0.39 is 6.36 Å². The predicted molar refractivity (Wildman–Crippen MR) is 131 cm³/mol. The Morgan fingerprint density at radius 3 is 2.51 bits per heavy atom. The third kappa shape index (κ3) is 4.64. The minimum absolute atomic E-state index is 0.331. The Hall–Kier alpha value is -3.72. The summed E-state index contributed by atoms with van der Waals surface area (Å²) in [6.07, 6.45) is -4.80. The summed E-state index contributed by atoms with van der Waals surface area (Å²) in [5.74, 6) is 0.210. The molecule has 5 aromatic rings. The molecule has 0 bridgehead atoms. The van der Waals surface area contributed by atoms with Gasteiger partial charge in [-0.15, -0.1) is 13.2 Å². The summed E-state index contributed by atoms with van der Waals surface area (Å²) in [4.78, 5) is 21.6. The normalized spacial score (nSPS) is 11.9. The lowest BCUT2D eigenvalue weighted by Crippen LogP contribution is -2.22. The molecule has 9 heteroatoms. The molecule has 0 aliphatic carbocycles. The van der Waals surface area contributed by atoms with Crippen LogP contribution >= 0.6 is 11.8 Å². The molecule has 0 spiro atoms. The van der Waals surface area contributed by atoms with E-state index in [4.69, 9.17) is 4.98 Å². The fraction of sp³-hybridized carbons (Fsp3) is 0.154. The molecular weight excluding hydrogens is 475 g/mol. The maximum Gasteiger partial charge on any atom is 0.573 e. The summed E-state index contributed by atoms with van der Waals surface area (Å²) < 4.78 is 43.2. The smallest absolute Gasteiger partial charge is 0.406 e. The van der Waals surface area contributed by atoms with E-state index in [1.54, 1.807) is 0 Å². The molecule has 5 nitrogen and oxygen atoms in total. The third-order valence-corrected chi connectivity index (χ3v) is 6.67. The molecule has 0 aliphatic rings. The van der Waals surface area contributed by atoms with Crippen LogP contribution in [0.3, 0.4) is 0 Å². The number of ether oxygens (including phenoxy) is 1. The highest BCUT2D eigenvalue weighted by atomic mass is 32.2. The van der Waals surface area contributed by atoms with Crippen LogP contribution in [0.5, 0.6) is 5.75 Å². The predicted octanol–water partition coefficient (Wildman–Crippen LogP) is 6.67. The highest BCUT2D eigenvalue weighted by Gasteiger charge is 2.31. The molecule has 2 heterocycles. The van der Waals surface area contributed by atoms with Gasteiger partial charge >= 0.3 is 6.36 Å². The first-order valence-electron chi connectivity index (χ1n) is 10.8. The van der Waals surface area contributed by atoms with Crippen molar-refractivity contribution in [3.63, 3.8) is 0 Å². The second-order valence-electron chi connectivity index (χ2n) is 8.19. The zero-order chi connectivity index (χ0) is 24.7. The van der Waals surface area contributed by atoms with Gasteiger partial charge in [-0.05, 0) is 55.3 Å². The molecule has 0 unspecified atom stereocenters. The van der Waals surface area contributed by atoms with E-state index >= 15 is 0 Å². The van der Waals surface area contributed by atoms with Crippen molar-refractivity contribution in [3.8, 4) is 11.4 Å². The standard InChI is InChI=1S/C26H20F3N3O2S/c1-15-7-8-16(2)17(13-15)14-35-25-31-22-20-5-3-4-6-21(20)30-23(22)24(33)32(25)18-9-11-19(12-10-18)34-26(27,28)29/h3-13,30H,14H2,1-2H3. The summed E-state index contributed by atoms with van der Waals surface area (Å²) in [6, 6.07) is 18.9. The van der Waals surface area contributed by atoms with Crippen LogP contribution in [0.15, 0.2) is 76.7 Å². The van der Waals surface area contributed by atoms with Crippen LogP contribution in [0.25, 0.3) is 27.6 Å². The minimum atomic E-state index is -4.80. The van der Waals surface area contributed by atoms with Gasteiger partial charge in [0.25, 0.3) is 5.56 Å². The first-order valence-corrected chi connectivity index (χ1v) is 11.8. The number of H-pyrrole nitrogens is 1. The van der Waals surface area contributed by atoms with Crippen LogP contribution < -0.4 is 10.3 Å². The van der Waals surface area contributed by atoms with Crippen LogP contribution in [-0.4, -0.2) is 20.9 Å². The molecule has 0 saturated carbocycles. The van der Waals surface area contributed by atoms with E-state index in [1.165, 1.54) is 40.6 Å². The van der Waals surface area contributed by atoms with Crippen molar-refractivity contribution in [1.82, 2.24) is 14.5 Å². The summed E-state index contributed by atoms with van der Waals surface area (Å²) in [5.41, 5.74) is 5.09. The highest BCUT2D eigenvalue weighted by Crippen LogP contribution is 2.30. The minimum Gasteiger partial charge on any atom is -0.406 e. The van der Waals surface area contributed by atoms with Gasteiger partial charge in [-0.25, -0.2) is 4.98 Å². The molecule has 1 N–H and O–H groups in total. The van der Waals surface area contributed by atoms with Crippen molar-refractivity contribution in [1.29, 1.82) is 0 Å². The molecule has 0 aliphatic heterocycles. The fourth-order valence-corrected chi connectivity index (χ4v) is 5.03. The van der Waals surface area contributed by atoms with E-state index in [0.29, 0.717) is 27.6 Å². The second kappa shape index (κ2) is 8.81. The number of hydrogen-bond donors (Lipinski definition) is 1. The Kier molecular flexibility index (Phi) is 5.80. The van der Waals surface area contributed by atoms with E-state index in [-0.39, 0.29) is 11.3 Å². The number of nitrogens with one attached hydrogen (secondary N) is 1. The van der Waals surface area contributed by atoms with Gasteiger partial charge < -0.3 is 9.72 Å². The number of alkyl halides is 3. The SMILES string of the molecule is Cc1ccc(C)c(CSc2nc3c([nH]c4ccccc43)c(=O)n2-c2ccc(OC(F)(F)F)cc2)c1. The quantitative estimate of drug-likeness (QED) is 0.218. The van der Waals surface area contributed by atoms with Crippen LogP contribution in [-0.2, 0) is 5.75 Å². The number of aryl methyl sites for hydroxylation is 2. The van der Waals surface area contributed by atoms with E-state index in [1.807, 2.05) is 50.2 Å². The molecule has 0 atom stereocenters. The fourth-order valence-electron chi connectivity index (χ4n) is 3.96. The Balaban J connectivity index is 1.64. The lowest BCUT2D eigenvalue weighted by atomic mass is 10.1. The molecule has 35 heavy (non-hydrogen) atoms. The molecule has 178 valence electrons. The van der Waals surface area contributed by atoms with Gasteiger partial charge in [-0.2, -0.15) is 0 Å². The Morgan fingerprint density at radius 2 is 1.77 bits per heavy atom. The number of fused-ring (bicyclic) bond motifs is 3. The number of rotatable bonds is 5. The average Bonchev–Trinajstić information content (AvgIpc) is 3.19. The number of halogens is 3. The number of aromatic nitrogens is 3. The molecule has 0 radical (unpaired) electrons. The van der Waals surface area contributed by atoms with Crippen molar-refractivity contribution in [2.75, 3.05) is 0 Å². The van der Waals surface area contributed by atoms with Gasteiger partial charge in [0.05, 0.1) is 5.69 Å². The molecule has 5 rings (SSSR count). The van der Waals surface area contributed by atoms with Crippen molar-refractivity contribution in [3.05, 3.63) is 93.8 Å². The number of aromatic amines is 1. The topological polar surface area (TPSA) is 59.9 Å². The Labute approximate surface area is 202 Å². The average molecular weight is 496 g/mol. The lowest BCUT2D eigenvalue weighted by molar-refractivity contribution is -0.274. The van der Waals surface area contributed by atoms with Gasteiger partial charge in [0.1, 0.15) is 16.8 Å². The van der Waals surface area contributed by atoms with Crippen molar-refractivity contribution < 1.29 is 17.9 Å². The van der Waals surface area contributed by atoms with E-state index in [2.05, 4.69) is 15.8 Å². The number of para-hydroxylation sites is 1. The van der Waals surface area contributed by atoms with Crippen molar-refractivity contribution >= 4 is 33.7 Å². The zero-order valence-electron chi connectivity index (χ0n) is 18.8. The highest BCUT2D eigenvalue weighted by molar-refractivity contribution is 7.98. The first-order chi connectivity index (χ1) is 16.7. The summed E-state index contributed by atoms with van der Waals surface area (Å²) in [5, 5.41) is 1.27. The third-order valence-electron chi connectivity index (χ3n) is 5.68. The van der Waals surface area contributed by atoms with Gasteiger partial charge in [-0.1, -0.05) is 53.7 Å². The second-order valence-corrected chi connectivity index (χ2v) is 9.13. The van der Waals surface area contributed by atoms with E-state index in [9.17, 15) is 18.0 Å². The van der Waals surface area contributed by atoms with Gasteiger partial charge in [0, 0.05) is 16.7 Å². The zero-order valence-corrected chi connectivity index (χ0v) is 19.6. The van der Waals surface area contributed by atoms with Crippen molar-refractivity contribution in [2.24, 2.45) is 0 Å². The maximum absolute atomic E-state index is 13.6. The first kappa shape index (κ1) is 23.0.